The Labute approximate surface area is 92.0 Å². The Balaban J connectivity index is 2.61. The summed E-state index contributed by atoms with van der Waals surface area (Å²) in [6.45, 7) is 2.46. The van der Waals surface area contributed by atoms with E-state index in [9.17, 15) is 4.79 Å². The second-order valence-corrected chi connectivity index (χ2v) is 4.89. The SMILES string of the molecule is CCC1(CC(CN)C(=O)O)CCCCC1. The molecule has 1 fully saturated rings. The molecule has 0 radical (unpaired) electrons. The number of rotatable bonds is 5. The van der Waals surface area contributed by atoms with Gasteiger partial charge in [0, 0.05) is 6.54 Å². The van der Waals surface area contributed by atoms with Gasteiger partial charge in [0.25, 0.3) is 0 Å². The van der Waals surface area contributed by atoms with Crippen LogP contribution in [0.25, 0.3) is 0 Å². The third-order valence-corrected chi connectivity index (χ3v) is 3.98. The average Bonchev–Trinajstić information content (AvgIpc) is 2.27. The van der Waals surface area contributed by atoms with Crippen molar-refractivity contribution in [2.75, 3.05) is 6.54 Å². The van der Waals surface area contributed by atoms with Crippen LogP contribution in [0.2, 0.25) is 0 Å². The summed E-state index contributed by atoms with van der Waals surface area (Å²) in [5.41, 5.74) is 5.79. The normalized spacial score (nSPS) is 22.3. The van der Waals surface area contributed by atoms with Crippen molar-refractivity contribution in [3.8, 4) is 0 Å². The predicted molar refractivity (Wildman–Crippen MR) is 60.6 cm³/mol. The second kappa shape index (κ2) is 5.50. The van der Waals surface area contributed by atoms with E-state index in [1.54, 1.807) is 0 Å². The van der Waals surface area contributed by atoms with Crippen molar-refractivity contribution in [2.24, 2.45) is 17.1 Å². The topological polar surface area (TPSA) is 63.3 Å². The van der Waals surface area contributed by atoms with Crippen molar-refractivity contribution in [2.45, 2.75) is 51.9 Å². The summed E-state index contributed by atoms with van der Waals surface area (Å²) in [4.78, 5) is 11.0. The van der Waals surface area contributed by atoms with E-state index in [4.69, 9.17) is 10.8 Å². The van der Waals surface area contributed by atoms with E-state index in [1.807, 2.05) is 0 Å². The summed E-state index contributed by atoms with van der Waals surface area (Å²) in [6.07, 6.45) is 8.06. The molecule has 1 aliphatic rings. The van der Waals surface area contributed by atoms with Crippen LogP contribution in [0, 0.1) is 11.3 Å². The Kier molecular flexibility index (Phi) is 4.58. The molecule has 1 unspecified atom stereocenters. The smallest absolute Gasteiger partial charge is 0.307 e. The fraction of sp³-hybridized carbons (Fsp3) is 0.917. The second-order valence-electron chi connectivity index (χ2n) is 4.89. The summed E-state index contributed by atoms with van der Waals surface area (Å²) in [5.74, 6) is -1.07. The van der Waals surface area contributed by atoms with Gasteiger partial charge >= 0.3 is 5.97 Å². The van der Waals surface area contributed by atoms with Gasteiger partial charge in [0.05, 0.1) is 5.92 Å². The van der Waals surface area contributed by atoms with Gasteiger partial charge in [-0.05, 0) is 24.7 Å². The number of hydrogen-bond donors (Lipinski definition) is 2. The van der Waals surface area contributed by atoms with Crippen LogP contribution in [0.15, 0.2) is 0 Å². The highest BCUT2D eigenvalue weighted by Crippen LogP contribution is 2.43. The lowest BCUT2D eigenvalue weighted by atomic mass is 9.67. The Bertz CT molecular complexity index is 210. The molecule has 0 aromatic carbocycles. The maximum atomic E-state index is 11.0. The molecule has 88 valence electrons. The van der Waals surface area contributed by atoms with E-state index < -0.39 is 5.97 Å². The molecule has 0 amide bonds. The maximum Gasteiger partial charge on any atom is 0.307 e. The molecule has 0 spiro atoms. The van der Waals surface area contributed by atoms with Crippen LogP contribution in [0.4, 0.5) is 0 Å². The Morgan fingerprint density at radius 3 is 2.40 bits per heavy atom. The Hall–Kier alpha value is -0.570. The van der Waals surface area contributed by atoms with E-state index in [-0.39, 0.29) is 17.9 Å². The lowest BCUT2D eigenvalue weighted by Crippen LogP contribution is -2.33. The lowest BCUT2D eigenvalue weighted by Gasteiger charge is -2.38. The molecule has 0 saturated heterocycles. The standard InChI is InChI=1S/C12H23NO2/c1-2-12(6-4-3-5-7-12)8-10(9-13)11(14)15/h10H,2-9,13H2,1H3,(H,14,15). The van der Waals surface area contributed by atoms with Gasteiger partial charge in [0.15, 0.2) is 0 Å². The van der Waals surface area contributed by atoms with Crippen LogP contribution in [0.3, 0.4) is 0 Å². The monoisotopic (exact) mass is 213 g/mol. The highest BCUT2D eigenvalue weighted by molar-refractivity contribution is 5.70. The van der Waals surface area contributed by atoms with Crippen molar-refractivity contribution in [1.82, 2.24) is 0 Å². The number of carbonyl (C=O) groups is 1. The quantitative estimate of drug-likeness (QED) is 0.737. The molecular weight excluding hydrogens is 190 g/mol. The van der Waals surface area contributed by atoms with Crippen molar-refractivity contribution < 1.29 is 9.90 Å². The third kappa shape index (κ3) is 3.20. The molecular formula is C12H23NO2. The van der Waals surface area contributed by atoms with Crippen LogP contribution >= 0.6 is 0 Å². The number of nitrogens with two attached hydrogens (primary N) is 1. The molecule has 3 nitrogen and oxygen atoms in total. The molecule has 1 aliphatic carbocycles. The molecule has 1 atom stereocenters. The van der Waals surface area contributed by atoms with Crippen molar-refractivity contribution >= 4 is 5.97 Å². The molecule has 0 aromatic heterocycles. The predicted octanol–water partition coefficient (Wildman–Crippen LogP) is 2.40. The first-order valence-electron chi connectivity index (χ1n) is 6.06. The summed E-state index contributed by atoms with van der Waals surface area (Å²) in [6, 6.07) is 0. The number of hydrogen-bond acceptors (Lipinski definition) is 2. The minimum Gasteiger partial charge on any atom is -0.481 e. The molecule has 15 heavy (non-hydrogen) atoms. The highest BCUT2D eigenvalue weighted by Gasteiger charge is 2.34. The molecule has 0 aromatic rings. The van der Waals surface area contributed by atoms with Crippen LogP contribution in [-0.4, -0.2) is 17.6 Å². The molecule has 3 N–H and O–H groups in total. The maximum absolute atomic E-state index is 11.0. The minimum absolute atomic E-state index is 0.265. The van der Waals surface area contributed by atoms with Gasteiger partial charge < -0.3 is 10.8 Å². The van der Waals surface area contributed by atoms with Gasteiger partial charge in [-0.25, -0.2) is 0 Å². The van der Waals surface area contributed by atoms with Crippen LogP contribution < -0.4 is 5.73 Å². The molecule has 0 bridgehead atoms. The zero-order valence-electron chi connectivity index (χ0n) is 9.67. The number of carboxylic acids is 1. The van der Waals surface area contributed by atoms with E-state index in [0.29, 0.717) is 0 Å². The fourth-order valence-corrected chi connectivity index (χ4v) is 2.80. The van der Waals surface area contributed by atoms with E-state index in [2.05, 4.69) is 6.92 Å². The fourth-order valence-electron chi connectivity index (χ4n) is 2.80. The summed E-state index contributed by atoms with van der Waals surface area (Å²) in [5, 5.41) is 9.03. The van der Waals surface area contributed by atoms with E-state index in [0.717, 1.165) is 12.8 Å². The third-order valence-electron chi connectivity index (χ3n) is 3.98. The minimum atomic E-state index is -0.726. The Morgan fingerprint density at radius 2 is 2.00 bits per heavy atom. The molecule has 1 rings (SSSR count). The van der Waals surface area contributed by atoms with E-state index >= 15 is 0 Å². The zero-order valence-corrected chi connectivity index (χ0v) is 9.67. The molecule has 1 saturated carbocycles. The van der Waals surface area contributed by atoms with Gasteiger partial charge in [-0.15, -0.1) is 0 Å². The van der Waals surface area contributed by atoms with Crippen LogP contribution in [0.5, 0.6) is 0 Å². The summed E-state index contributed by atoms with van der Waals surface area (Å²) < 4.78 is 0. The molecule has 0 aliphatic heterocycles. The number of carboxylic acid groups (broad SMARTS) is 1. The van der Waals surface area contributed by atoms with Gasteiger partial charge in [0.2, 0.25) is 0 Å². The summed E-state index contributed by atoms with van der Waals surface area (Å²) in [7, 11) is 0. The largest absolute Gasteiger partial charge is 0.481 e. The van der Waals surface area contributed by atoms with Gasteiger partial charge in [0.1, 0.15) is 0 Å². The van der Waals surface area contributed by atoms with Crippen molar-refractivity contribution in [3.63, 3.8) is 0 Å². The van der Waals surface area contributed by atoms with Crippen LogP contribution in [0.1, 0.15) is 51.9 Å². The zero-order chi connectivity index (χ0) is 11.3. The van der Waals surface area contributed by atoms with E-state index in [1.165, 1.54) is 32.1 Å². The first kappa shape index (κ1) is 12.5. The molecule has 3 heteroatoms. The van der Waals surface area contributed by atoms with Gasteiger partial charge in [-0.3, -0.25) is 4.79 Å². The summed E-state index contributed by atoms with van der Waals surface area (Å²) >= 11 is 0. The Morgan fingerprint density at radius 1 is 1.40 bits per heavy atom. The molecule has 0 heterocycles. The van der Waals surface area contributed by atoms with Crippen molar-refractivity contribution in [1.29, 1.82) is 0 Å². The lowest BCUT2D eigenvalue weighted by molar-refractivity contribution is -0.142. The first-order chi connectivity index (χ1) is 7.13. The van der Waals surface area contributed by atoms with Crippen LogP contribution in [-0.2, 0) is 4.79 Å². The van der Waals surface area contributed by atoms with Gasteiger partial charge in [-0.1, -0.05) is 32.6 Å². The average molecular weight is 213 g/mol. The number of aliphatic carboxylic acids is 1. The van der Waals surface area contributed by atoms with Crippen molar-refractivity contribution in [3.05, 3.63) is 0 Å². The highest BCUT2D eigenvalue weighted by atomic mass is 16.4. The first-order valence-corrected chi connectivity index (χ1v) is 6.06. The van der Waals surface area contributed by atoms with Gasteiger partial charge in [-0.2, -0.15) is 0 Å².